The van der Waals surface area contributed by atoms with Gasteiger partial charge in [-0.05, 0) is 42.2 Å². The molecule has 0 saturated carbocycles. The largest absolute Gasteiger partial charge is 0.492 e. The molecule has 0 fully saturated rings. The number of para-hydroxylation sites is 1. The summed E-state index contributed by atoms with van der Waals surface area (Å²) in [6.45, 7) is 5.03. The second kappa shape index (κ2) is 4.26. The lowest BCUT2D eigenvalue weighted by atomic mass is 9.73. The average molecular weight is 298 g/mol. The smallest absolute Gasteiger partial charge is 0.123 e. The van der Waals surface area contributed by atoms with E-state index in [0.717, 1.165) is 5.75 Å². The van der Waals surface area contributed by atoms with Crippen LogP contribution in [0.25, 0.3) is 11.1 Å². The Balaban J connectivity index is 1.93. The van der Waals surface area contributed by atoms with E-state index in [2.05, 4.69) is 74.5 Å². The second-order valence-corrected chi connectivity index (χ2v) is 6.79. The summed E-state index contributed by atoms with van der Waals surface area (Å²) in [5.41, 5.74) is 9.24. The molecule has 0 radical (unpaired) electrons. The Morgan fingerprint density at radius 2 is 1.35 bits per heavy atom. The van der Waals surface area contributed by atoms with E-state index in [4.69, 9.17) is 4.74 Å². The van der Waals surface area contributed by atoms with Crippen LogP contribution in [0.15, 0.2) is 60.7 Å². The van der Waals surface area contributed by atoms with Crippen LogP contribution in [0.5, 0.6) is 5.75 Å². The van der Waals surface area contributed by atoms with Gasteiger partial charge in [0.1, 0.15) is 12.4 Å². The van der Waals surface area contributed by atoms with Crippen molar-refractivity contribution in [2.45, 2.75) is 19.3 Å². The summed E-state index contributed by atoms with van der Waals surface area (Å²) in [6.07, 6.45) is 0. The fourth-order valence-corrected chi connectivity index (χ4v) is 4.29. The zero-order valence-electron chi connectivity index (χ0n) is 13.4. The maximum Gasteiger partial charge on any atom is 0.123 e. The van der Waals surface area contributed by atoms with E-state index in [9.17, 15) is 0 Å². The van der Waals surface area contributed by atoms with Crippen LogP contribution in [0.3, 0.4) is 0 Å². The SMILES string of the molecule is Cc1ccc2c(c1)C1(COc3ccccc31)c1cc(C)ccc1-2. The summed E-state index contributed by atoms with van der Waals surface area (Å²) in [5.74, 6) is 1.02. The Morgan fingerprint density at radius 1 is 0.739 bits per heavy atom. The molecule has 0 amide bonds. The van der Waals surface area contributed by atoms with Crippen LogP contribution in [0.1, 0.15) is 27.8 Å². The zero-order chi connectivity index (χ0) is 15.6. The van der Waals surface area contributed by atoms with Gasteiger partial charge >= 0.3 is 0 Å². The van der Waals surface area contributed by atoms with Crippen LogP contribution in [-0.2, 0) is 5.41 Å². The molecule has 3 aromatic carbocycles. The van der Waals surface area contributed by atoms with Crippen molar-refractivity contribution in [1.29, 1.82) is 0 Å². The Bertz CT molecular complexity index is 900. The van der Waals surface area contributed by atoms with Gasteiger partial charge in [-0.25, -0.2) is 0 Å². The van der Waals surface area contributed by atoms with Crippen molar-refractivity contribution in [1.82, 2.24) is 0 Å². The van der Waals surface area contributed by atoms with Gasteiger partial charge < -0.3 is 4.74 Å². The maximum atomic E-state index is 6.13. The molecule has 2 aliphatic rings. The topological polar surface area (TPSA) is 9.23 Å². The predicted molar refractivity (Wildman–Crippen MR) is 93.2 cm³/mol. The minimum Gasteiger partial charge on any atom is -0.492 e. The normalized spacial score (nSPS) is 15.9. The van der Waals surface area contributed by atoms with E-state index in [1.165, 1.54) is 38.9 Å². The zero-order valence-corrected chi connectivity index (χ0v) is 13.4. The van der Waals surface area contributed by atoms with Gasteiger partial charge in [-0.2, -0.15) is 0 Å². The number of ether oxygens (including phenoxy) is 1. The summed E-state index contributed by atoms with van der Waals surface area (Å²) in [6, 6.07) is 22.2. The summed E-state index contributed by atoms with van der Waals surface area (Å²) < 4.78 is 6.13. The van der Waals surface area contributed by atoms with Crippen LogP contribution in [-0.4, -0.2) is 6.61 Å². The average Bonchev–Trinajstić information content (AvgIpc) is 3.07. The third kappa shape index (κ3) is 1.52. The van der Waals surface area contributed by atoms with Crippen LogP contribution in [0.2, 0.25) is 0 Å². The van der Waals surface area contributed by atoms with Crippen molar-refractivity contribution in [3.05, 3.63) is 88.5 Å². The van der Waals surface area contributed by atoms with Crippen LogP contribution < -0.4 is 4.74 Å². The fraction of sp³-hybridized carbons (Fsp3) is 0.182. The number of aryl methyl sites for hydroxylation is 2. The molecular weight excluding hydrogens is 280 g/mol. The molecule has 5 rings (SSSR count). The van der Waals surface area contributed by atoms with Gasteiger partial charge in [0.25, 0.3) is 0 Å². The lowest BCUT2D eigenvalue weighted by molar-refractivity contribution is 0.315. The van der Waals surface area contributed by atoms with Crippen molar-refractivity contribution < 1.29 is 4.74 Å². The summed E-state index contributed by atoms with van der Waals surface area (Å²) in [5, 5.41) is 0. The first-order chi connectivity index (χ1) is 11.2. The Labute approximate surface area is 136 Å². The fourth-order valence-electron chi connectivity index (χ4n) is 4.29. The first-order valence-corrected chi connectivity index (χ1v) is 8.15. The van der Waals surface area contributed by atoms with Crippen molar-refractivity contribution in [2.75, 3.05) is 6.61 Å². The Morgan fingerprint density at radius 3 is 2.00 bits per heavy atom. The van der Waals surface area contributed by atoms with E-state index in [-0.39, 0.29) is 5.41 Å². The molecule has 1 spiro atoms. The molecule has 3 aromatic rings. The Kier molecular flexibility index (Phi) is 2.40. The highest BCUT2D eigenvalue weighted by Gasteiger charge is 2.50. The van der Waals surface area contributed by atoms with E-state index in [1.807, 2.05) is 0 Å². The number of benzene rings is 3. The van der Waals surface area contributed by atoms with Gasteiger partial charge in [0.05, 0.1) is 5.41 Å². The molecule has 0 saturated heterocycles. The molecule has 1 heteroatoms. The summed E-state index contributed by atoms with van der Waals surface area (Å²) >= 11 is 0. The van der Waals surface area contributed by atoms with Crippen molar-refractivity contribution in [2.24, 2.45) is 0 Å². The number of hydrogen-bond acceptors (Lipinski definition) is 1. The quantitative estimate of drug-likeness (QED) is 0.567. The number of hydrogen-bond donors (Lipinski definition) is 0. The number of fused-ring (bicyclic) bond motifs is 7. The first-order valence-electron chi connectivity index (χ1n) is 8.15. The minimum absolute atomic E-state index is 0.153. The standard InChI is InChI=1S/C22H18O/c1-14-7-9-16-17-10-8-15(2)12-20(17)22(19(16)11-14)13-23-21-6-4-3-5-18(21)22/h3-12H,13H2,1-2H3. The second-order valence-electron chi connectivity index (χ2n) is 6.79. The van der Waals surface area contributed by atoms with E-state index in [1.54, 1.807) is 0 Å². The molecule has 0 bridgehead atoms. The van der Waals surface area contributed by atoms with Gasteiger partial charge in [-0.3, -0.25) is 0 Å². The molecule has 0 N–H and O–H groups in total. The molecule has 0 aromatic heterocycles. The molecule has 1 heterocycles. The number of rotatable bonds is 0. The lowest BCUT2D eigenvalue weighted by Gasteiger charge is -2.26. The maximum absolute atomic E-state index is 6.13. The molecule has 112 valence electrons. The van der Waals surface area contributed by atoms with Crippen molar-refractivity contribution >= 4 is 0 Å². The molecule has 0 unspecified atom stereocenters. The van der Waals surface area contributed by atoms with E-state index < -0.39 is 0 Å². The monoisotopic (exact) mass is 298 g/mol. The van der Waals surface area contributed by atoms with Crippen molar-refractivity contribution in [3.8, 4) is 16.9 Å². The highest BCUT2D eigenvalue weighted by atomic mass is 16.5. The molecule has 23 heavy (non-hydrogen) atoms. The van der Waals surface area contributed by atoms with Crippen LogP contribution in [0, 0.1) is 13.8 Å². The molecular formula is C22H18O. The predicted octanol–water partition coefficient (Wildman–Crippen LogP) is 5.01. The first kappa shape index (κ1) is 13.0. The summed E-state index contributed by atoms with van der Waals surface area (Å²) in [7, 11) is 0. The van der Waals surface area contributed by atoms with E-state index in [0.29, 0.717) is 6.61 Å². The molecule has 1 nitrogen and oxygen atoms in total. The third-order valence-corrected chi connectivity index (χ3v) is 5.35. The van der Waals surface area contributed by atoms with Gasteiger partial charge in [0.15, 0.2) is 0 Å². The molecule has 1 aliphatic carbocycles. The van der Waals surface area contributed by atoms with Crippen molar-refractivity contribution in [3.63, 3.8) is 0 Å². The minimum atomic E-state index is -0.153. The van der Waals surface area contributed by atoms with Crippen LogP contribution in [0.4, 0.5) is 0 Å². The lowest BCUT2D eigenvalue weighted by Crippen LogP contribution is -2.28. The van der Waals surface area contributed by atoms with Gasteiger partial charge in [-0.15, -0.1) is 0 Å². The molecule has 0 atom stereocenters. The molecule has 1 aliphatic heterocycles. The van der Waals surface area contributed by atoms with Gasteiger partial charge in [0.2, 0.25) is 0 Å². The Hall–Kier alpha value is -2.54. The van der Waals surface area contributed by atoms with E-state index >= 15 is 0 Å². The highest BCUT2D eigenvalue weighted by molar-refractivity contribution is 5.85. The van der Waals surface area contributed by atoms with Crippen LogP contribution >= 0.6 is 0 Å². The third-order valence-electron chi connectivity index (χ3n) is 5.35. The summed E-state index contributed by atoms with van der Waals surface area (Å²) in [4.78, 5) is 0. The highest BCUT2D eigenvalue weighted by Crippen LogP contribution is 2.57. The van der Waals surface area contributed by atoms with Gasteiger partial charge in [0, 0.05) is 5.56 Å². The van der Waals surface area contributed by atoms with Gasteiger partial charge in [-0.1, -0.05) is 65.7 Å².